The largest absolute Gasteiger partial charge is 0.506 e. The maximum absolute atomic E-state index is 9.94. The highest BCUT2D eigenvalue weighted by Crippen LogP contribution is 2.36. The van der Waals surface area contributed by atoms with Crippen molar-refractivity contribution in [3.63, 3.8) is 0 Å². The van der Waals surface area contributed by atoms with Gasteiger partial charge in [-0.15, -0.1) is 12.4 Å². The summed E-state index contributed by atoms with van der Waals surface area (Å²) in [6, 6.07) is 8.27. The van der Waals surface area contributed by atoms with E-state index in [0.717, 1.165) is 5.39 Å². The van der Waals surface area contributed by atoms with Gasteiger partial charge in [-0.2, -0.15) is 0 Å². The van der Waals surface area contributed by atoms with E-state index in [0.29, 0.717) is 33.5 Å². The molecule has 2 N–H and O–H groups in total. The first kappa shape index (κ1) is 17.9. The van der Waals surface area contributed by atoms with Crippen molar-refractivity contribution in [3.05, 3.63) is 41.7 Å². The molecule has 0 saturated carbocycles. The molecule has 24 heavy (non-hydrogen) atoms. The molecule has 0 saturated heterocycles. The molecule has 0 bridgehead atoms. The SMILES string of the molecule is COc1cc2ncnc(Nc3cc(Cl)ccc3O)c2cc1OC.Cl. The van der Waals surface area contributed by atoms with Crippen LogP contribution in [0, 0.1) is 0 Å². The number of nitrogens with zero attached hydrogens (tertiary/aromatic N) is 2. The van der Waals surface area contributed by atoms with Gasteiger partial charge in [-0.25, -0.2) is 9.97 Å². The first-order valence-electron chi connectivity index (χ1n) is 6.74. The summed E-state index contributed by atoms with van der Waals surface area (Å²) in [5.41, 5.74) is 1.13. The molecule has 126 valence electrons. The van der Waals surface area contributed by atoms with Crippen molar-refractivity contribution in [1.82, 2.24) is 9.97 Å². The van der Waals surface area contributed by atoms with Crippen molar-refractivity contribution in [2.24, 2.45) is 0 Å². The summed E-state index contributed by atoms with van der Waals surface area (Å²) in [5.74, 6) is 1.73. The maximum Gasteiger partial charge on any atom is 0.162 e. The average molecular weight is 368 g/mol. The van der Waals surface area contributed by atoms with Crippen LogP contribution in [0.3, 0.4) is 0 Å². The number of halogens is 2. The summed E-state index contributed by atoms with van der Waals surface area (Å²) in [6.07, 6.45) is 1.43. The predicted octanol–water partition coefficient (Wildman–Crippen LogP) is 4.17. The summed E-state index contributed by atoms with van der Waals surface area (Å²) in [4.78, 5) is 8.46. The lowest BCUT2D eigenvalue weighted by atomic mass is 10.2. The normalized spacial score (nSPS) is 10.1. The fourth-order valence-electron chi connectivity index (χ4n) is 2.22. The Morgan fingerprint density at radius 3 is 2.46 bits per heavy atom. The number of hydrogen-bond donors (Lipinski definition) is 2. The van der Waals surface area contributed by atoms with E-state index in [2.05, 4.69) is 15.3 Å². The Morgan fingerprint density at radius 2 is 1.75 bits per heavy atom. The minimum atomic E-state index is 0. The molecule has 0 aliphatic heterocycles. The second kappa shape index (κ2) is 7.42. The molecule has 3 aromatic rings. The molecular formula is C16H15Cl2N3O3. The molecule has 0 aliphatic carbocycles. The summed E-state index contributed by atoms with van der Waals surface area (Å²) in [5, 5.41) is 14.2. The first-order chi connectivity index (χ1) is 11.1. The number of methoxy groups -OCH3 is 2. The standard InChI is InChI=1S/C16H14ClN3O3.ClH/c1-22-14-6-10-11(7-15(14)23-2)18-8-19-16(10)20-12-5-9(17)3-4-13(12)21;/h3-8,21H,1-2H3,(H,18,19,20);1H. The average Bonchev–Trinajstić information content (AvgIpc) is 2.57. The molecule has 0 radical (unpaired) electrons. The number of phenolic OH excluding ortho intramolecular Hbond substituents is 1. The number of phenols is 1. The van der Waals surface area contributed by atoms with Gasteiger partial charge in [0.15, 0.2) is 11.5 Å². The number of nitrogens with one attached hydrogen (secondary N) is 1. The quantitative estimate of drug-likeness (QED) is 0.673. The van der Waals surface area contributed by atoms with E-state index in [9.17, 15) is 5.11 Å². The number of benzene rings is 2. The molecule has 6 nitrogen and oxygen atoms in total. The lowest BCUT2D eigenvalue weighted by Gasteiger charge is -2.13. The molecule has 3 rings (SSSR count). The van der Waals surface area contributed by atoms with E-state index in [1.165, 1.54) is 12.4 Å². The van der Waals surface area contributed by atoms with Crippen molar-refractivity contribution in [2.75, 3.05) is 19.5 Å². The van der Waals surface area contributed by atoms with E-state index in [1.807, 2.05) is 0 Å². The molecule has 0 amide bonds. The van der Waals surface area contributed by atoms with Crippen LogP contribution in [0.2, 0.25) is 5.02 Å². The molecular weight excluding hydrogens is 353 g/mol. The van der Waals surface area contributed by atoms with Crippen molar-refractivity contribution in [2.45, 2.75) is 0 Å². The minimum Gasteiger partial charge on any atom is -0.506 e. The minimum absolute atomic E-state index is 0. The van der Waals surface area contributed by atoms with Crippen molar-refractivity contribution < 1.29 is 14.6 Å². The van der Waals surface area contributed by atoms with Crippen LogP contribution in [0.1, 0.15) is 0 Å². The second-order valence-electron chi connectivity index (χ2n) is 4.73. The Morgan fingerprint density at radius 1 is 1.04 bits per heavy atom. The van der Waals surface area contributed by atoms with Crippen LogP contribution >= 0.6 is 24.0 Å². The Kier molecular flexibility index (Phi) is 5.54. The van der Waals surface area contributed by atoms with Crippen LogP contribution in [0.5, 0.6) is 17.2 Å². The van der Waals surface area contributed by atoms with Crippen LogP contribution in [-0.2, 0) is 0 Å². The monoisotopic (exact) mass is 367 g/mol. The zero-order valence-electron chi connectivity index (χ0n) is 12.9. The van der Waals surface area contributed by atoms with Crippen molar-refractivity contribution >= 4 is 46.4 Å². The van der Waals surface area contributed by atoms with Gasteiger partial charge >= 0.3 is 0 Å². The van der Waals surface area contributed by atoms with Crippen LogP contribution in [0.4, 0.5) is 11.5 Å². The van der Waals surface area contributed by atoms with Gasteiger partial charge in [0.05, 0.1) is 25.4 Å². The van der Waals surface area contributed by atoms with Crippen molar-refractivity contribution in [3.8, 4) is 17.2 Å². The molecule has 0 aliphatic rings. The van der Waals surface area contributed by atoms with Gasteiger partial charge < -0.3 is 19.9 Å². The van der Waals surface area contributed by atoms with E-state index in [-0.39, 0.29) is 18.2 Å². The van der Waals surface area contributed by atoms with Gasteiger partial charge in [-0.3, -0.25) is 0 Å². The molecule has 0 fully saturated rings. The topological polar surface area (TPSA) is 76.5 Å². The summed E-state index contributed by atoms with van der Waals surface area (Å²) >= 11 is 5.97. The third-order valence-corrected chi connectivity index (χ3v) is 3.59. The molecule has 8 heteroatoms. The van der Waals surface area contributed by atoms with Gasteiger partial charge in [0.25, 0.3) is 0 Å². The number of aromatic nitrogens is 2. The highest BCUT2D eigenvalue weighted by Gasteiger charge is 2.12. The fraction of sp³-hybridized carbons (Fsp3) is 0.125. The Hall–Kier alpha value is -2.44. The number of hydrogen-bond acceptors (Lipinski definition) is 6. The number of aromatic hydroxyl groups is 1. The third-order valence-electron chi connectivity index (χ3n) is 3.35. The predicted molar refractivity (Wildman–Crippen MR) is 96.3 cm³/mol. The van der Waals surface area contributed by atoms with E-state index in [1.54, 1.807) is 38.5 Å². The number of ether oxygens (including phenoxy) is 2. The van der Waals surface area contributed by atoms with E-state index >= 15 is 0 Å². The van der Waals surface area contributed by atoms with Gasteiger partial charge in [-0.05, 0) is 24.3 Å². The van der Waals surface area contributed by atoms with Gasteiger partial charge in [0, 0.05) is 16.5 Å². The Balaban J connectivity index is 0.00000208. The zero-order valence-corrected chi connectivity index (χ0v) is 14.5. The summed E-state index contributed by atoms with van der Waals surface area (Å²) in [7, 11) is 3.12. The smallest absolute Gasteiger partial charge is 0.162 e. The number of rotatable bonds is 4. The van der Waals surface area contributed by atoms with Gasteiger partial charge in [0.2, 0.25) is 0 Å². The molecule has 1 heterocycles. The molecule has 1 aromatic heterocycles. The third kappa shape index (κ3) is 3.39. The summed E-state index contributed by atoms with van der Waals surface area (Å²) in [6.45, 7) is 0. The number of anilines is 2. The zero-order chi connectivity index (χ0) is 16.4. The molecule has 2 aromatic carbocycles. The van der Waals surface area contributed by atoms with E-state index in [4.69, 9.17) is 21.1 Å². The summed E-state index contributed by atoms with van der Waals surface area (Å²) < 4.78 is 10.6. The van der Waals surface area contributed by atoms with Crippen LogP contribution in [0.15, 0.2) is 36.7 Å². The van der Waals surface area contributed by atoms with Gasteiger partial charge in [0.1, 0.15) is 17.9 Å². The molecule has 0 atom stereocenters. The van der Waals surface area contributed by atoms with Crippen LogP contribution in [0.25, 0.3) is 10.9 Å². The van der Waals surface area contributed by atoms with Crippen LogP contribution < -0.4 is 14.8 Å². The Labute approximate surface area is 149 Å². The fourth-order valence-corrected chi connectivity index (χ4v) is 2.39. The lowest BCUT2D eigenvalue weighted by molar-refractivity contribution is 0.356. The highest BCUT2D eigenvalue weighted by molar-refractivity contribution is 6.31. The van der Waals surface area contributed by atoms with Gasteiger partial charge in [-0.1, -0.05) is 11.6 Å². The first-order valence-corrected chi connectivity index (χ1v) is 7.12. The second-order valence-corrected chi connectivity index (χ2v) is 5.17. The van der Waals surface area contributed by atoms with Crippen LogP contribution in [-0.4, -0.2) is 29.3 Å². The highest BCUT2D eigenvalue weighted by atomic mass is 35.5. The van der Waals surface area contributed by atoms with Crippen molar-refractivity contribution in [1.29, 1.82) is 0 Å². The lowest BCUT2D eigenvalue weighted by Crippen LogP contribution is -1.98. The maximum atomic E-state index is 9.94. The van der Waals surface area contributed by atoms with E-state index < -0.39 is 0 Å². The molecule has 0 unspecified atom stereocenters. The molecule has 0 spiro atoms. The number of fused-ring (bicyclic) bond motifs is 1. The Bertz CT molecular complexity index is 875.